The maximum atomic E-state index is 14.5. The maximum absolute atomic E-state index is 14.5. The zero-order valence-corrected chi connectivity index (χ0v) is 43.7. The quantitative estimate of drug-likeness (QED) is 0.0561. The van der Waals surface area contributed by atoms with Crippen LogP contribution in [0.3, 0.4) is 0 Å². The number of ketones is 1. The highest BCUT2D eigenvalue weighted by Gasteiger charge is 2.39. The summed E-state index contributed by atoms with van der Waals surface area (Å²) in [5.41, 5.74) is 13.8. The zero-order valence-electron chi connectivity index (χ0n) is 43.7. The van der Waals surface area contributed by atoms with E-state index < -0.39 is 47.9 Å². The fourth-order valence-corrected chi connectivity index (χ4v) is 10.2. The molecule has 6 atom stereocenters. The van der Waals surface area contributed by atoms with Gasteiger partial charge in [0.15, 0.2) is 0 Å². The molecule has 0 aliphatic carbocycles. The van der Waals surface area contributed by atoms with E-state index in [-0.39, 0.29) is 35.7 Å². The van der Waals surface area contributed by atoms with E-state index >= 15 is 0 Å². The third-order valence-corrected chi connectivity index (χ3v) is 13.7. The Morgan fingerprint density at radius 3 is 1.29 bits per heavy atom. The number of hydrogen-bond donors (Lipinski definition) is 3. The molecule has 11 nitrogen and oxygen atoms in total. The molecule has 2 aliphatic heterocycles. The van der Waals surface area contributed by atoms with Gasteiger partial charge in [0.25, 0.3) is 0 Å². The highest BCUT2D eigenvalue weighted by atomic mass is 19.1. The van der Waals surface area contributed by atoms with Crippen molar-refractivity contribution >= 4 is 29.5 Å². The van der Waals surface area contributed by atoms with E-state index in [4.69, 9.17) is 5.73 Å². The van der Waals surface area contributed by atoms with Crippen molar-refractivity contribution < 1.29 is 47.7 Å². The SMILES string of the molecule is CC(=O)C[C@@H](Cc1cc(F)cc(Cc2ccccc2)c1)C(O)C1CCCN(Cc2ccccc2)C1=O.CC(=O)OC(C)=O.N[C@@H](Cc1cc(F)cc(Cc2ccccc2)c1)C(O)C1CCCN(Cc2ccccc2)C1=O. The van der Waals surface area contributed by atoms with E-state index in [9.17, 15) is 43.0 Å². The molecule has 4 unspecified atom stereocenters. The van der Waals surface area contributed by atoms with E-state index in [1.807, 2.05) is 133 Å². The van der Waals surface area contributed by atoms with Gasteiger partial charge in [0.2, 0.25) is 11.8 Å². The van der Waals surface area contributed by atoms with Gasteiger partial charge in [-0.1, -0.05) is 133 Å². The number of halogens is 2. The molecule has 13 heteroatoms. The minimum Gasteiger partial charge on any atom is -0.394 e. The number of esters is 2. The van der Waals surface area contributed by atoms with Crippen LogP contribution in [-0.4, -0.2) is 80.9 Å². The third kappa shape index (κ3) is 18.6. The number of hydrogen-bond acceptors (Lipinski definition) is 9. The molecule has 76 heavy (non-hydrogen) atoms. The van der Waals surface area contributed by atoms with Crippen LogP contribution in [0.15, 0.2) is 158 Å². The molecule has 0 radical (unpaired) electrons. The highest BCUT2D eigenvalue weighted by molar-refractivity contribution is 5.82. The molecule has 6 aromatic rings. The summed E-state index contributed by atoms with van der Waals surface area (Å²) in [5, 5.41) is 22.3. The van der Waals surface area contributed by atoms with Gasteiger partial charge in [0, 0.05) is 52.5 Å². The molecule has 0 spiro atoms. The fraction of sp³-hybridized carbons (Fsp3) is 0.349. The van der Waals surface area contributed by atoms with Crippen LogP contribution >= 0.6 is 0 Å². The Bertz CT molecular complexity index is 2810. The Morgan fingerprint density at radius 1 is 0.539 bits per heavy atom. The Hall–Kier alpha value is -7.19. The number of likely N-dealkylation sites (tertiary alicyclic amines) is 2. The van der Waals surface area contributed by atoms with Crippen molar-refractivity contribution in [2.75, 3.05) is 13.1 Å². The Kier molecular flexibility index (Phi) is 22.3. The number of piperidine rings is 2. The number of nitrogens with two attached hydrogens (primary N) is 1. The van der Waals surface area contributed by atoms with Gasteiger partial charge in [-0.25, -0.2) is 8.78 Å². The van der Waals surface area contributed by atoms with Gasteiger partial charge in [-0.15, -0.1) is 0 Å². The monoisotopic (exact) mass is 1040 g/mol. The van der Waals surface area contributed by atoms with Crippen molar-refractivity contribution in [1.82, 2.24) is 9.80 Å². The number of benzene rings is 6. The first kappa shape index (κ1) is 58.1. The lowest BCUT2D eigenvalue weighted by molar-refractivity contribution is -0.156. The molecule has 2 amide bonds. The Balaban J connectivity index is 0.000000220. The maximum Gasteiger partial charge on any atom is 0.310 e. The predicted molar refractivity (Wildman–Crippen MR) is 289 cm³/mol. The Labute approximate surface area is 445 Å². The summed E-state index contributed by atoms with van der Waals surface area (Å²) < 4.78 is 32.8. The minimum atomic E-state index is -0.975. The second kappa shape index (κ2) is 29.2. The number of aliphatic hydroxyl groups excluding tert-OH is 2. The summed E-state index contributed by atoms with van der Waals surface area (Å²) in [4.78, 5) is 61.8. The lowest BCUT2D eigenvalue weighted by Crippen LogP contribution is -2.51. The first-order valence-corrected chi connectivity index (χ1v) is 26.1. The lowest BCUT2D eigenvalue weighted by Gasteiger charge is -2.37. The topological polar surface area (TPSA) is 168 Å². The number of nitrogens with zero attached hydrogens (tertiary/aromatic N) is 2. The number of rotatable bonds is 18. The molecule has 6 aromatic carbocycles. The van der Waals surface area contributed by atoms with Gasteiger partial charge in [0.1, 0.15) is 17.4 Å². The molecule has 8 rings (SSSR count). The first-order valence-electron chi connectivity index (χ1n) is 26.1. The van der Waals surface area contributed by atoms with Crippen LogP contribution in [0, 0.1) is 29.4 Å². The van der Waals surface area contributed by atoms with Gasteiger partial charge in [-0.3, -0.25) is 19.2 Å². The second-order valence-electron chi connectivity index (χ2n) is 20.1. The number of carbonyl (C=O) groups is 5. The summed E-state index contributed by atoms with van der Waals surface area (Å²) in [5.74, 6) is -3.52. The van der Waals surface area contributed by atoms with E-state index in [2.05, 4.69) is 4.74 Å². The van der Waals surface area contributed by atoms with Crippen molar-refractivity contribution in [2.24, 2.45) is 23.5 Å². The van der Waals surface area contributed by atoms with Crippen molar-refractivity contribution in [3.8, 4) is 0 Å². The molecule has 2 saturated heterocycles. The fourth-order valence-electron chi connectivity index (χ4n) is 10.2. The average molecular weight is 1040 g/mol. The van der Waals surface area contributed by atoms with E-state index in [0.29, 0.717) is 64.7 Å². The zero-order chi connectivity index (χ0) is 54.6. The van der Waals surface area contributed by atoms with Crippen LogP contribution in [0.2, 0.25) is 0 Å². The molecule has 0 aromatic heterocycles. The molecule has 2 heterocycles. The second-order valence-corrected chi connectivity index (χ2v) is 20.1. The van der Waals surface area contributed by atoms with Gasteiger partial charge >= 0.3 is 11.9 Å². The first-order chi connectivity index (χ1) is 36.5. The summed E-state index contributed by atoms with van der Waals surface area (Å²) in [6.07, 6.45) is 2.89. The summed E-state index contributed by atoms with van der Waals surface area (Å²) >= 11 is 0. The van der Waals surface area contributed by atoms with E-state index in [1.165, 1.54) is 45.0 Å². The average Bonchev–Trinajstić information content (AvgIpc) is 3.38. The number of Topliss-reactive ketones (excluding diaryl/α,β-unsaturated/α-hetero) is 1. The third-order valence-electron chi connectivity index (χ3n) is 13.7. The molecule has 0 bridgehead atoms. The number of aliphatic hydroxyl groups is 2. The molecule has 4 N–H and O–H groups in total. The van der Waals surface area contributed by atoms with Crippen LogP contribution in [0.5, 0.6) is 0 Å². The molecule has 0 saturated carbocycles. The predicted octanol–water partition coefficient (Wildman–Crippen LogP) is 9.54. The lowest BCUT2D eigenvalue weighted by atomic mass is 9.79. The van der Waals surface area contributed by atoms with Crippen LogP contribution in [0.1, 0.15) is 97.4 Å². The highest BCUT2D eigenvalue weighted by Crippen LogP contribution is 2.31. The van der Waals surface area contributed by atoms with Gasteiger partial charge in [-0.2, -0.15) is 0 Å². The van der Waals surface area contributed by atoms with E-state index in [0.717, 1.165) is 57.3 Å². The molecule has 400 valence electrons. The van der Waals surface area contributed by atoms with Crippen LogP contribution in [0.25, 0.3) is 0 Å². The van der Waals surface area contributed by atoms with Gasteiger partial charge in [-0.05, 0) is 133 Å². The molecular weight excluding hydrogens is 965 g/mol. The van der Waals surface area contributed by atoms with E-state index in [1.54, 1.807) is 9.80 Å². The summed E-state index contributed by atoms with van der Waals surface area (Å²) in [7, 11) is 0. The molecule has 2 aliphatic rings. The standard InChI is InChI=1S/C31H34FNO3.C28H31FN2O2.C4H6O3/c1-22(34)15-27(18-26-17-25(19-28(32)20-26)16-23-9-4-2-5-10-23)30(35)29-13-8-14-33(31(29)36)21-24-11-6-3-7-12-24;29-24-16-22(14-20-8-3-1-4-9-20)15-23(17-24)18-26(30)27(32)25-12-7-13-31(28(25)33)19-21-10-5-2-6-11-21;1-3(5)7-4(2)6/h2-7,9-12,17,19-20,27,29-30,35H,8,13-16,18,21H2,1H3;1-6,8-11,15-17,25-27,32H,7,12-14,18-19,30H2;1-2H3/t27-,29?,30?;25?,26-,27?;/m00./s1. The van der Waals surface area contributed by atoms with Crippen molar-refractivity contribution in [2.45, 2.75) is 110 Å². The summed E-state index contributed by atoms with van der Waals surface area (Å²) in [6.45, 7) is 6.23. The van der Waals surface area contributed by atoms with Gasteiger partial charge < -0.3 is 35.3 Å². The van der Waals surface area contributed by atoms with Crippen LogP contribution in [-0.2, 0) is 67.5 Å². The largest absolute Gasteiger partial charge is 0.394 e. The van der Waals surface area contributed by atoms with Crippen LogP contribution in [0.4, 0.5) is 8.78 Å². The number of carbonyl (C=O) groups excluding carboxylic acids is 5. The summed E-state index contributed by atoms with van der Waals surface area (Å²) in [6, 6.07) is 48.7. The number of amides is 2. The molecule has 2 fully saturated rings. The smallest absolute Gasteiger partial charge is 0.310 e. The Morgan fingerprint density at radius 2 is 0.908 bits per heavy atom. The van der Waals surface area contributed by atoms with Crippen molar-refractivity contribution in [3.05, 3.63) is 214 Å². The van der Waals surface area contributed by atoms with Crippen molar-refractivity contribution in [1.29, 1.82) is 0 Å². The number of ether oxygens (including phenoxy) is 1. The van der Waals surface area contributed by atoms with Gasteiger partial charge in [0.05, 0.1) is 24.0 Å². The minimum absolute atomic E-state index is 0.0515. The van der Waals surface area contributed by atoms with Crippen LogP contribution < -0.4 is 5.73 Å². The van der Waals surface area contributed by atoms with Crippen molar-refractivity contribution in [3.63, 3.8) is 0 Å². The molecular formula is C63H71F2N3O8. The normalized spacial score (nSPS) is 16.9.